The molecular weight excluding hydrogens is 352 g/mol. The normalized spacial score (nSPS) is 11.0. The van der Waals surface area contributed by atoms with Gasteiger partial charge in [0.1, 0.15) is 0 Å². The number of guanidine groups is 1. The summed E-state index contributed by atoms with van der Waals surface area (Å²) in [7, 11) is 5.56. The van der Waals surface area contributed by atoms with Crippen molar-refractivity contribution < 1.29 is 4.79 Å². The Bertz CT molecular complexity index is 733. The van der Waals surface area contributed by atoms with E-state index in [2.05, 4.69) is 44.7 Å². The highest BCUT2D eigenvalue weighted by atomic mass is 16.2. The first-order valence-corrected chi connectivity index (χ1v) is 9.44. The minimum Gasteiger partial charge on any atom is -0.375 e. The molecule has 1 aromatic heterocycles. The Morgan fingerprint density at radius 1 is 1.04 bits per heavy atom. The monoisotopic (exact) mass is 382 g/mol. The molecule has 1 amide bonds. The zero-order valence-electron chi connectivity index (χ0n) is 16.9. The lowest BCUT2D eigenvalue weighted by atomic mass is 10.3. The van der Waals surface area contributed by atoms with Crippen LogP contribution in [0.25, 0.3) is 0 Å². The topological polar surface area (TPSA) is 72.9 Å². The first-order valence-electron chi connectivity index (χ1n) is 9.44. The zero-order chi connectivity index (χ0) is 20.2. The number of likely N-dealkylation sites (N-methyl/N-ethyl adjacent to an activating group) is 1. The third-order valence-corrected chi connectivity index (χ3v) is 4.19. The smallest absolute Gasteiger partial charge is 0.241 e. The number of carbonyl (C=O) groups excluding carboxylic acids is 1. The molecule has 0 saturated carbocycles. The van der Waals surface area contributed by atoms with E-state index < -0.39 is 0 Å². The Labute approximate surface area is 167 Å². The quantitative estimate of drug-likeness (QED) is 0.393. The number of hydrogen-bond acceptors (Lipinski definition) is 4. The molecule has 7 nitrogen and oxygen atoms in total. The molecule has 2 rings (SSSR count). The Balaban J connectivity index is 1.84. The maximum absolute atomic E-state index is 11.9. The third-order valence-electron chi connectivity index (χ3n) is 4.19. The lowest BCUT2D eigenvalue weighted by molar-refractivity contribution is -0.127. The van der Waals surface area contributed by atoms with Crippen LogP contribution in [0.3, 0.4) is 0 Å². The summed E-state index contributed by atoms with van der Waals surface area (Å²) >= 11 is 0. The van der Waals surface area contributed by atoms with Gasteiger partial charge >= 0.3 is 0 Å². The highest BCUT2D eigenvalue weighted by Gasteiger charge is 2.06. The maximum atomic E-state index is 11.9. The van der Waals surface area contributed by atoms with E-state index in [0.29, 0.717) is 12.5 Å². The molecular formula is C21H30N6O. The summed E-state index contributed by atoms with van der Waals surface area (Å²) in [6.07, 6.45) is 2.69. The number of nitrogens with one attached hydrogen (secondary N) is 2. The fraction of sp³-hybridized carbons (Fsp3) is 0.381. The van der Waals surface area contributed by atoms with E-state index in [1.165, 1.54) is 5.69 Å². The number of aliphatic imine (C=N–C) groups is 1. The van der Waals surface area contributed by atoms with Gasteiger partial charge in [0.15, 0.2) is 5.96 Å². The molecule has 0 saturated heterocycles. The molecule has 0 radical (unpaired) electrons. The minimum atomic E-state index is -0.00357. The van der Waals surface area contributed by atoms with Gasteiger partial charge in [-0.3, -0.25) is 9.78 Å². The van der Waals surface area contributed by atoms with Crippen molar-refractivity contribution in [2.24, 2.45) is 4.99 Å². The second kappa shape index (κ2) is 11.6. The number of amides is 1. The maximum Gasteiger partial charge on any atom is 0.241 e. The van der Waals surface area contributed by atoms with Crippen LogP contribution in [0.15, 0.2) is 59.7 Å². The molecule has 0 spiro atoms. The van der Waals surface area contributed by atoms with Crippen molar-refractivity contribution in [2.45, 2.75) is 13.0 Å². The van der Waals surface area contributed by atoms with E-state index in [1.54, 1.807) is 25.2 Å². The van der Waals surface area contributed by atoms with Crippen LogP contribution in [-0.4, -0.2) is 62.5 Å². The van der Waals surface area contributed by atoms with Crippen molar-refractivity contribution in [1.29, 1.82) is 0 Å². The van der Waals surface area contributed by atoms with Gasteiger partial charge < -0.3 is 20.4 Å². The molecule has 0 bridgehead atoms. The molecule has 150 valence electrons. The minimum absolute atomic E-state index is 0.00357. The van der Waals surface area contributed by atoms with E-state index in [1.807, 2.05) is 36.4 Å². The van der Waals surface area contributed by atoms with Gasteiger partial charge in [-0.1, -0.05) is 24.3 Å². The highest BCUT2D eigenvalue weighted by molar-refractivity contribution is 5.86. The van der Waals surface area contributed by atoms with E-state index in [9.17, 15) is 4.79 Å². The average Bonchev–Trinajstić information content (AvgIpc) is 2.73. The van der Waals surface area contributed by atoms with Gasteiger partial charge in [0.25, 0.3) is 0 Å². The van der Waals surface area contributed by atoms with Crippen molar-refractivity contribution in [1.82, 2.24) is 20.5 Å². The van der Waals surface area contributed by atoms with Crippen molar-refractivity contribution in [3.8, 4) is 0 Å². The Morgan fingerprint density at radius 2 is 1.79 bits per heavy atom. The van der Waals surface area contributed by atoms with Crippen molar-refractivity contribution in [3.63, 3.8) is 0 Å². The average molecular weight is 383 g/mol. The Kier molecular flexibility index (Phi) is 8.78. The predicted molar refractivity (Wildman–Crippen MR) is 114 cm³/mol. The second-order valence-corrected chi connectivity index (χ2v) is 6.67. The van der Waals surface area contributed by atoms with Crippen LogP contribution < -0.4 is 15.5 Å². The number of benzene rings is 1. The van der Waals surface area contributed by atoms with Crippen molar-refractivity contribution in [3.05, 3.63) is 60.4 Å². The molecule has 0 unspecified atom stereocenters. The number of anilines is 1. The first-order chi connectivity index (χ1) is 13.6. The van der Waals surface area contributed by atoms with Crippen LogP contribution in [0, 0.1) is 0 Å². The molecule has 1 aromatic carbocycles. The number of para-hydroxylation sites is 1. The largest absolute Gasteiger partial charge is 0.375 e. The summed E-state index contributed by atoms with van der Waals surface area (Å²) in [5, 5.41) is 6.40. The van der Waals surface area contributed by atoms with Gasteiger partial charge in [-0.05, 0) is 30.7 Å². The van der Waals surface area contributed by atoms with Crippen molar-refractivity contribution in [2.75, 3.05) is 45.7 Å². The first kappa shape index (κ1) is 21.2. The van der Waals surface area contributed by atoms with Gasteiger partial charge in [0.2, 0.25) is 5.91 Å². The van der Waals surface area contributed by atoms with Crippen LogP contribution in [0.5, 0.6) is 0 Å². The molecule has 0 aliphatic heterocycles. The summed E-state index contributed by atoms with van der Waals surface area (Å²) in [5.41, 5.74) is 2.08. The molecule has 0 aliphatic carbocycles. The van der Waals surface area contributed by atoms with E-state index in [0.717, 1.165) is 25.2 Å². The molecule has 1 heterocycles. The van der Waals surface area contributed by atoms with Crippen LogP contribution in [0.2, 0.25) is 0 Å². The summed E-state index contributed by atoms with van der Waals surface area (Å²) in [6, 6.07) is 16.0. The van der Waals surface area contributed by atoms with Crippen LogP contribution in [0.4, 0.5) is 5.69 Å². The SMILES string of the molecule is CN(C)C(=O)CNC(=NCc1ccccn1)NCCCN(C)c1ccccc1. The molecule has 0 atom stereocenters. The lowest BCUT2D eigenvalue weighted by Crippen LogP contribution is -2.43. The standard InChI is InChI=1S/C21H30N6O/c1-26(2)20(28)17-25-21(24-16-18-10-7-8-13-22-18)23-14-9-15-27(3)19-11-5-4-6-12-19/h4-8,10-13H,9,14-17H2,1-3H3,(H2,23,24,25). The Hall–Kier alpha value is -3.09. The number of pyridine rings is 1. The summed E-state index contributed by atoms with van der Waals surface area (Å²) in [5.74, 6) is 0.611. The summed E-state index contributed by atoms with van der Waals surface area (Å²) in [4.78, 5) is 24.5. The second-order valence-electron chi connectivity index (χ2n) is 6.67. The van der Waals surface area contributed by atoms with E-state index in [-0.39, 0.29) is 12.5 Å². The number of carbonyl (C=O) groups is 1. The van der Waals surface area contributed by atoms with E-state index >= 15 is 0 Å². The van der Waals surface area contributed by atoms with Gasteiger partial charge in [0, 0.05) is 46.1 Å². The van der Waals surface area contributed by atoms with Gasteiger partial charge in [0.05, 0.1) is 18.8 Å². The number of nitrogens with zero attached hydrogens (tertiary/aromatic N) is 4. The number of hydrogen-bond donors (Lipinski definition) is 2. The molecule has 7 heteroatoms. The summed E-state index contributed by atoms with van der Waals surface area (Å²) < 4.78 is 0. The predicted octanol–water partition coefficient (Wildman–Crippen LogP) is 1.73. The van der Waals surface area contributed by atoms with Gasteiger partial charge in [-0.2, -0.15) is 0 Å². The summed E-state index contributed by atoms with van der Waals surface area (Å²) in [6.45, 7) is 2.32. The van der Waals surface area contributed by atoms with Gasteiger partial charge in [-0.25, -0.2) is 4.99 Å². The lowest BCUT2D eigenvalue weighted by Gasteiger charge is -2.20. The van der Waals surface area contributed by atoms with Crippen LogP contribution >= 0.6 is 0 Å². The van der Waals surface area contributed by atoms with Crippen LogP contribution in [-0.2, 0) is 11.3 Å². The van der Waals surface area contributed by atoms with Crippen LogP contribution in [0.1, 0.15) is 12.1 Å². The molecule has 2 N–H and O–H groups in total. The number of rotatable bonds is 9. The molecule has 0 aliphatic rings. The zero-order valence-corrected chi connectivity index (χ0v) is 16.9. The highest BCUT2D eigenvalue weighted by Crippen LogP contribution is 2.10. The molecule has 2 aromatic rings. The van der Waals surface area contributed by atoms with E-state index in [4.69, 9.17) is 0 Å². The third kappa shape index (κ3) is 7.65. The fourth-order valence-corrected chi connectivity index (χ4v) is 2.48. The molecule has 0 fully saturated rings. The molecule has 28 heavy (non-hydrogen) atoms. The number of aromatic nitrogens is 1. The van der Waals surface area contributed by atoms with Gasteiger partial charge in [-0.15, -0.1) is 0 Å². The van der Waals surface area contributed by atoms with Crippen molar-refractivity contribution >= 4 is 17.6 Å². The fourth-order valence-electron chi connectivity index (χ4n) is 2.48. The Morgan fingerprint density at radius 3 is 2.46 bits per heavy atom.